The van der Waals surface area contributed by atoms with Gasteiger partial charge in [0.15, 0.2) is 0 Å². The van der Waals surface area contributed by atoms with Gasteiger partial charge in [0.1, 0.15) is 0 Å². The van der Waals surface area contributed by atoms with Crippen LogP contribution in [0.5, 0.6) is 0 Å². The van der Waals surface area contributed by atoms with Gasteiger partial charge in [-0.1, -0.05) is 24.3 Å². The van der Waals surface area contributed by atoms with Gasteiger partial charge in [0.2, 0.25) is 0 Å². The van der Waals surface area contributed by atoms with Crippen LogP contribution in [0.2, 0.25) is 0 Å². The quantitative estimate of drug-likeness (QED) is 0.797. The number of aliphatic hydroxyl groups excluding tert-OH is 2. The smallest absolute Gasteiger partial charge is 0.0987 e. The van der Waals surface area contributed by atoms with Gasteiger partial charge in [-0.15, -0.1) is 0 Å². The van der Waals surface area contributed by atoms with Crippen LogP contribution in [0.3, 0.4) is 0 Å². The highest BCUT2D eigenvalue weighted by molar-refractivity contribution is 5.84. The highest BCUT2D eigenvalue weighted by atomic mass is 16.3. The molecular weight excluding hydrogens is 190 g/mol. The van der Waals surface area contributed by atoms with E-state index in [-0.39, 0.29) is 6.61 Å². The van der Waals surface area contributed by atoms with Gasteiger partial charge >= 0.3 is 0 Å². The molecule has 1 aromatic heterocycles. The molecule has 78 valence electrons. The minimum atomic E-state index is -0.693. The first-order chi connectivity index (χ1) is 7.33. The maximum Gasteiger partial charge on any atom is 0.0987 e. The molecule has 0 amide bonds. The number of fused-ring (bicyclic) bond motifs is 1. The lowest BCUT2D eigenvalue weighted by molar-refractivity contribution is 0.132. The summed E-state index contributed by atoms with van der Waals surface area (Å²) in [4.78, 5) is 4.16. The first kappa shape index (κ1) is 10.1. The summed E-state index contributed by atoms with van der Waals surface area (Å²) in [7, 11) is 0. The molecule has 0 fully saturated rings. The molecule has 3 nitrogen and oxygen atoms in total. The summed E-state index contributed by atoms with van der Waals surface area (Å²) < 4.78 is 0. The molecule has 2 rings (SSSR count). The van der Waals surface area contributed by atoms with Gasteiger partial charge < -0.3 is 10.2 Å². The third kappa shape index (κ3) is 1.98. The molecular formula is C12H13NO2. The standard InChI is InChI=1S/C12H13NO2/c14-8-6-11(15)12-10-4-2-1-3-9(10)5-7-13-12/h1-5,7,11,14-15H,6,8H2/t11-/m1/s1. The Morgan fingerprint density at radius 3 is 2.80 bits per heavy atom. The second-order valence-corrected chi connectivity index (χ2v) is 3.45. The summed E-state index contributed by atoms with van der Waals surface area (Å²) in [6.45, 7) is -0.0356. The summed E-state index contributed by atoms with van der Waals surface area (Å²) in [5.41, 5.74) is 0.641. The monoisotopic (exact) mass is 203 g/mol. The molecule has 0 aliphatic rings. The van der Waals surface area contributed by atoms with Gasteiger partial charge in [-0.3, -0.25) is 4.98 Å². The van der Waals surface area contributed by atoms with Crippen LogP contribution in [-0.4, -0.2) is 21.8 Å². The number of hydrogen-bond acceptors (Lipinski definition) is 3. The van der Waals surface area contributed by atoms with E-state index in [0.717, 1.165) is 10.8 Å². The Hall–Kier alpha value is -1.45. The number of rotatable bonds is 3. The fraction of sp³-hybridized carbons (Fsp3) is 0.250. The summed E-state index contributed by atoms with van der Waals surface area (Å²) in [6.07, 6.45) is 1.31. The molecule has 0 bridgehead atoms. The second kappa shape index (κ2) is 4.38. The van der Waals surface area contributed by atoms with Crippen molar-refractivity contribution in [1.29, 1.82) is 0 Å². The Labute approximate surface area is 88.0 Å². The Morgan fingerprint density at radius 2 is 2.00 bits per heavy atom. The van der Waals surface area contributed by atoms with Crippen LogP contribution < -0.4 is 0 Å². The fourth-order valence-corrected chi connectivity index (χ4v) is 1.67. The first-order valence-electron chi connectivity index (χ1n) is 4.95. The molecule has 0 saturated heterocycles. The van der Waals surface area contributed by atoms with E-state index in [2.05, 4.69) is 4.98 Å². The van der Waals surface area contributed by atoms with Crippen LogP contribution in [-0.2, 0) is 0 Å². The van der Waals surface area contributed by atoms with E-state index < -0.39 is 6.10 Å². The van der Waals surface area contributed by atoms with E-state index in [1.165, 1.54) is 0 Å². The zero-order valence-electron chi connectivity index (χ0n) is 8.30. The maximum atomic E-state index is 9.80. The van der Waals surface area contributed by atoms with Gasteiger partial charge in [-0.25, -0.2) is 0 Å². The average molecular weight is 203 g/mol. The summed E-state index contributed by atoms with van der Waals surface area (Å²) >= 11 is 0. The zero-order valence-corrected chi connectivity index (χ0v) is 8.30. The van der Waals surface area contributed by atoms with Crippen LogP contribution >= 0.6 is 0 Å². The van der Waals surface area contributed by atoms with E-state index >= 15 is 0 Å². The summed E-state index contributed by atoms with van der Waals surface area (Å²) in [6, 6.07) is 9.68. The molecule has 0 saturated carbocycles. The molecule has 3 heteroatoms. The van der Waals surface area contributed by atoms with Crippen LogP contribution in [0.4, 0.5) is 0 Å². The van der Waals surface area contributed by atoms with Crippen molar-refractivity contribution < 1.29 is 10.2 Å². The third-order valence-electron chi connectivity index (χ3n) is 2.42. The average Bonchev–Trinajstić information content (AvgIpc) is 2.28. The van der Waals surface area contributed by atoms with E-state index in [1.54, 1.807) is 6.20 Å². The normalized spacial score (nSPS) is 12.9. The molecule has 0 spiro atoms. The molecule has 1 aromatic carbocycles. The summed E-state index contributed by atoms with van der Waals surface area (Å²) in [5.74, 6) is 0. The maximum absolute atomic E-state index is 9.80. The van der Waals surface area contributed by atoms with E-state index in [9.17, 15) is 5.11 Å². The van der Waals surface area contributed by atoms with Gasteiger partial charge in [-0.2, -0.15) is 0 Å². The van der Waals surface area contributed by atoms with Crippen LogP contribution in [0, 0.1) is 0 Å². The third-order valence-corrected chi connectivity index (χ3v) is 2.42. The molecule has 0 unspecified atom stereocenters. The Morgan fingerprint density at radius 1 is 1.20 bits per heavy atom. The van der Waals surface area contributed by atoms with Gasteiger partial charge in [0.05, 0.1) is 11.8 Å². The second-order valence-electron chi connectivity index (χ2n) is 3.45. The van der Waals surface area contributed by atoms with Gasteiger partial charge in [0, 0.05) is 24.6 Å². The molecule has 1 heterocycles. The van der Waals surface area contributed by atoms with Crippen molar-refractivity contribution in [3.63, 3.8) is 0 Å². The molecule has 2 N–H and O–H groups in total. The predicted molar refractivity (Wildman–Crippen MR) is 58.4 cm³/mol. The van der Waals surface area contributed by atoms with E-state index in [0.29, 0.717) is 12.1 Å². The number of aromatic nitrogens is 1. The number of pyridine rings is 1. The fourth-order valence-electron chi connectivity index (χ4n) is 1.67. The SMILES string of the molecule is OCC[C@@H](O)c1nccc2ccccc12. The zero-order chi connectivity index (χ0) is 10.7. The van der Waals surface area contributed by atoms with Crippen molar-refractivity contribution >= 4 is 10.8 Å². The van der Waals surface area contributed by atoms with Crippen molar-refractivity contribution in [2.24, 2.45) is 0 Å². The van der Waals surface area contributed by atoms with Crippen LogP contribution in [0.15, 0.2) is 36.5 Å². The van der Waals surface area contributed by atoms with Crippen molar-refractivity contribution in [3.05, 3.63) is 42.2 Å². The lowest BCUT2D eigenvalue weighted by atomic mass is 10.1. The minimum Gasteiger partial charge on any atom is -0.396 e. The largest absolute Gasteiger partial charge is 0.396 e. The molecule has 0 aliphatic carbocycles. The topological polar surface area (TPSA) is 53.4 Å². The summed E-state index contributed by atoms with van der Waals surface area (Å²) in [5, 5.41) is 20.6. The minimum absolute atomic E-state index is 0.0356. The predicted octanol–water partition coefficient (Wildman–Crippen LogP) is 1.65. The number of nitrogens with zero attached hydrogens (tertiary/aromatic N) is 1. The molecule has 0 radical (unpaired) electrons. The Balaban J connectivity index is 2.50. The number of hydrogen-bond donors (Lipinski definition) is 2. The van der Waals surface area contributed by atoms with Crippen molar-refractivity contribution in [2.45, 2.75) is 12.5 Å². The molecule has 1 atom stereocenters. The highest BCUT2D eigenvalue weighted by Crippen LogP contribution is 2.23. The van der Waals surface area contributed by atoms with Crippen molar-refractivity contribution in [1.82, 2.24) is 4.98 Å². The van der Waals surface area contributed by atoms with Crippen molar-refractivity contribution in [3.8, 4) is 0 Å². The van der Waals surface area contributed by atoms with Gasteiger partial charge in [0.25, 0.3) is 0 Å². The Bertz CT molecular complexity index is 451. The molecule has 0 aliphatic heterocycles. The van der Waals surface area contributed by atoms with Crippen LogP contribution in [0.1, 0.15) is 18.2 Å². The Kier molecular flexibility index (Phi) is 2.94. The number of aliphatic hydroxyl groups is 2. The van der Waals surface area contributed by atoms with Gasteiger partial charge in [-0.05, 0) is 11.5 Å². The van der Waals surface area contributed by atoms with E-state index in [1.807, 2.05) is 30.3 Å². The first-order valence-corrected chi connectivity index (χ1v) is 4.95. The lowest BCUT2D eigenvalue weighted by Crippen LogP contribution is -2.03. The number of benzene rings is 1. The van der Waals surface area contributed by atoms with Crippen molar-refractivity contribution in [2.75, 3.05) is 6.61 Å². The lowest BCUT2D eigenvalue weighted by Gasteiger charge is -2.10. The van der Waals surface area contributed by atoms with E-state index in [4.69, 9.17) is 5.11 Å². The molecule has 2 aromatic rings. The highest BCUT2D eigenvalue weighted by Gasteiger charge is 2.11. The van der Waals surface area contributed by atoms with Crippen LogP contribution in [0.25, 0.3) is 10.8 Å². The molecule has 15 heavy (non-hydrogen) atoms.